The number of hydrogen-bond donors (Lipinski definition) is 0. The molecule has 1 saturated heterocycles. The normalized spacial score (nSPS) is 16.2. The largest absolute Gasteiger partial charge is 0.338 e. The average Bonchev–Trinajstić information content (AvgIpc) is 2.61. The van der Waals surface area contributed by atoms with E-state index < -0.39 is 5.38 Å². The Morgan fingerprint density at radius 3 is 2.16 bits per heavy atom. The van der Waals surface area contributed by atoms with Crippen LogP contribution in [0.5, 0.6) is 0 Å². The molecule has 2 heterocycles. The third-order valence-electron chi connectivity index (χ3n) is 4.54. The predicted molar refractivity (Wildman–Crippen MR) is 96.8 cm³/mol. The van der Waals surface area contributed by atoms with Gasteiger partial charge in [0.05, 0.1) is 22.4 Å². The Morgan fingerprint density at radius 1 is 1.00 bits per heavy atom. The highest BCUT2D eigenvalue weighted by Crippen LogP contribution is 2.17. The van der Waals surface area contributed by atoms with Crippen LogP contribution in [0.2, 0.25) is 0 Å². The van der Waals surface area contributed by atoms with Gasteiger partial charge in [-0.25, -0.2) is 9.97 Å². The number of halogens is 1. The summed E-state index contributed by atoms with van der Waals surface area (Å²) >= 11 is 5.85. The van der Waals surface area contributed by atoms with Crippen LogP contribution in [0.4, 0.5) is 0 Å². The standard InChI is InChI=1S/C18H21ClN4O2/c1-11(19)17(24)22-6-8-23(9-7-22)18(25)14-4-5-15-16(10-14)21-13(3)12(2)20-15/h4-5,10-11H,6-9H2,1-3H3. The smallest absolute Gasteiger partial charge is 0.254 e. The topological polar surface area (TPSA) is 66.4 Å². The van der Waals surface area contributed by atoms with Crippen molar-refractivity contribution < 1.29 is 9.59 Å². The number of carbonyl (C=O) groups is 2. The first kappa shape index (κ1) is 17.6. The molecule has 1 aliphatic heterocycles. The number of rotatable bonds is 2. The van der Waals surface area contributed by atoms with Crippen LogP contribution in [0, 0.1) is 13.8 Å². The molecule has 0 bridgehead atoms. The van der Waals surface area contributed by atoms with E-state index in [2.05, 4.69) is 9.97 Å². The van der Waals surface area contributed by atoms with E-state index in [1.807, 2.05) is 19.9 Å². The minimum atomic E-state index is -0.534. The zero-order valence-corrected chi connectivity index (χ0v) is 15.4. The number of piperazine rings is 1. The van der Waals surface area contributed by atoms with Crippen LogP contribution in [-0.2, 0) is 4.79 Å². The molecular formula is C18H21ClN4O2. The molecule has 1 aliphatic rings. The Kier molecular flexibility index (Phi) is 4.90. The lowest BCUT2D eigenvalue weighted by molar-refractivity contribution is -0.131. The molecule has 6 nitrogen and oxygen atoms in total. The van der Waals surface area contributed by atoms with E-state index in [4.69, 9.17) is 11.6 Å². The Bertz CT molecular complexity index is 829. The number of benzene rings is 1. The van der Waals surface area contributed by atoms with Gasteiger partial charge in [-0.3, -0.25) is 9.59 Å². The summed E-state index contributed by atoms with van der Waals surface area (Å²) in [4.78, 5) is 37.2. The van der Waals surface area contributed by atoms with Crippen LogP contribution in [0.25, 0.3) is 11.0 Å². The summed E-state index contributed by atoms with van der Waals surface area (Å²) in [5.74, 6) is -0.131. The van der Waals surface area contributed by atoms with Crippen LogP contribution < -0.4 is 0 Å². The number of alkyl halides is 1. The zero-order chi connectivity index (χ0) is 18.1. The Morgan fingerprint density at radius 2 is 1.56 bits per heavy atom. The van der Waals surface area contributed by atoms with Crippen LogP contribution >= 0.6 is 11.6 Å². The van der Waals surface area contributed by atoms with Gasteiger partial charge in [-0.2, -0.15) is 0 Å². The number of nitrogens with zero attached hydrogens (tertiary/aromatic N) is 4. The first-order valence-corrected chi connectivity index (χ1v) is 8.77. The molecule has 0 saturated carbocycles. The molecule has 2 amide bonds. The quantitative estimate of drug-likeness (QED) is 0.770. The van der Waals surface area contributed by atoms with Crippen LogP contribution in [0.1, 0.15) is 28.7 Å². The first-order valence-electron chi connectivity index (χ1n) is 8.34. The highest BCUT2D eigenvalue weighted by molar-refractivity contribution is 6.30. The van der Waals surface area contributed by atoms with Crippen molar-refractivity contribution in [3.63, 3.8) is 0 Å². The summed E-state index contributed by atoms with van der Waals surface area (Å²) in [5, 5.41) is -0.534. The van der Waals surface area contributed by atoms with Crippen molar-refractivity contribution in [2.24, 2.45) is 0 Å². The molecule has 1 aromatic carbocycles. The predicted octanol–water partition coefficient (Wildman–Crippen LogP) is 2.16. The fourth-order valence-electron chi connectivity index (χ4n) is 2.93. The summed E-state index contributed by atoms with van der Waals surface area (Å²) in [5.41, 5.74) is 3.85. The molecule has 0 radical (unpaired) electrons. The van der Waals surface area contributed by atoms with Crippen LogP contribution in [-0.4, -0.2) is 63.1 Å². The monoisotopic (exact) mass is 360 g/mol. The van der Waals surface area contributed by atoms with Crippen molar-refractivity contribution in [2.45, 2.75) is 26.1 Å². The minimum Gasteiger partial charge on any atom is -0.338 e. The minimum absolute atomic E-state index is 0.0482. The fourth-order valence-corrected chi connectivity index (χ4v) is 3.07. The molecule has 7 heteroatoms. The van der Waals surface area contributed by atoms with Gasteiger partial charge in [0.2, 0.25) is 5.91 Å². The van der Waals surface area contributed by atoms with Crippen LogP contribution in [0.3, 0.4) is 0 Å². The Labute approximate surface area is 151 Å². The zero-order valence-electron chi connectivity index (χ0n) is 14.6. The van der Waals surface area contributed by atoms with Crippen molar-refractivity contribution in [1.82, 2.24) is 19.8 Å². The van der Waals surface area contributed by atoms with Crippen molar-refractivity contribution in [1.29, 1.82) is 0 Å². The molecule has 1 atom stereocenters. The average molecular weight is 361 g/mol. The number of aryl methyl sites for hydroxylation is 2. The van der Waals surface area contributed by atoms with E-state index in [1.54, 1.807) is 28.9 Å². The lowest BCUT2D eigenvalue weighted by Gasteiger charge is -2.35. The van der Waals surface area contributed by atoms with Gasteiger partial charge in [0.1, 0.15) is 5.38 Å². The second-order valence-corrected chi connectivity index (χ2v) is 6.99. The summed E-state index contributed by atoms with van der Waals surface area (Å²) < 4.78 is 0. The summed E-state index contributed by atoms with van der Waals surface area (Å²) in [6.45, 7) is 7.52. The number of fused-ring (bicyclic) bond motifs is 1. The maximum absolute atomic E-state index is 12.8. The molecule has 1 aromatic heterocycles. The van der Waals surface area contributed by atoms with E-state index in [1.165, 1.54) is 0 Å². The fraction of sp³-hybridized carbons (Fsp3) is 0.444. The lowest BCUT2D eigenvalue weighted by atomic mass is 10.1. The van der Waals surface area contributed by atoms with Gasteiger partial charge in [-0.1, -0.05) is 0 Å². The molecule has 1 fully saturated rings. The molecule has 0 N–H and O–H groups in total. The van der Waals surface area contributed by atoms with Crippen LogP contribution in [0.15, 0.2) is 18.2 Å². The van der Waals surface area contributed by atoms with E-state index in [0.717, 1.165) is 22.4 Å². The Balaban J connectivity index is 1.75. The molecule has 2 aromatic rings. The van der Waals surface area contributed by atoms with Gasteiger partial charge in [-0.05, 0) is 39.0 Å². The van der Waals surface area contributed by atoms with Crippen molar-refractivity contribution in [3.8, 4) is 0 Å². The number of carbonyl (C=O) groups excluding carboxylic acids is 2. The third-order valence-corrected chi connectivity index (χ3v) is 4.73. The summed E-state index contributed by atoms with van der Waals surface area (Å²) in [7, 11) is 0. The van der Waals surface area contributed by atoms with Gasteiger partial charge >= 0.3 is 0 Å². The van der Waals surface area contributed by atoms with Gasteiger partial charge in [0, 0.05) is 31.7 Å². The number of amides is 2. The van der Waals surface area contributed by atoms with Gasteiger partial charge in [0.25, 0.3) is 5.91 Å². The summed E-state index contributed by atoms with van der Waals surface area (Å²) in [6, 6.07) is 5.40. The number of aromatic nitrogens is 2. The number of hydrogen-bond acceptors (Lipinski definition) is 4. The first-order chi connectivity index (χ1) is 11.9. The van der Waals surface area contributed by atoms with Gasteiger partial charge in [-0.15, -0.1) is 11.6 Å². The maximum atomic E-state index is 12.8. The van der Waals surface area contributed by atoms with Crippen molar-refractivity contribution in [2.75, 3.05) is 26.2 Å². The summed E-state index contributed by atoms with van der Waals surface area (Å²) in [6.07, 6.45) is 0. The molecule has 1 unspecified atom stereocenters. The Hall–Kier alpha value is -2.21. The van der Waals surface area contributed by atoms with E-state index in [0.29, 0.717) is 31.7 Å². The van der Waals surface area contributed by atoms with E-state index >= 15 is 0 Å². The highest BCUT2D eigenvalue weighted by atomic mass is 35.5. The molecule has 0 aliphatic carbocycles. The van der Waals surface area contributed by atoms with Crippen molar-refractivity contribution >= 4 is 34.4 Å². The molecule has 132 valence electrons. The second kappa shape index (κ2) is 6.96. The molecule has 3 rings (SSSR count). The van der Waals surface area contributed by atoms with Gasteiger partial charge < -0.3 is 9.80 Å². The third kappa shape index (κ3) is 3.58. The van der Waals surface area contributed by atoms with Gasteiger partial charge in [0.15, 0.2) is 0 Å². The van der Waals surface area contributed by atoms with E-state index in [9.17, 15) is 9.59 Å². The maximum Gasteiger partial charge on any atom is 0.254 e. The van der Waals surface area contributed by atoms with Crippen molar-refractivity contribution in [3.05, 3.63) is 35.2 Å². The lowest BCUT2D eigenvalue weighted by Crippen LogP contribution is -2.52. The molecular weight excluding hydrogens is 340 g/mol. The molecule has 0 spiro atoms. The molecule has 25 heavy (non-hydrogen) atoms. The SMILES string of the molecule is Cc1nc2ccc(C(=O)N3CCN(C(=O)C(C)Cl)CC3)cc2nc1C. The second-order valence-electron chi connectivity index (χ2n) is 6.33. The van der Waals surface area contributed by atoms with E-state index in [-0.39, 0.29) is 11.8 Å². The highest BCUT2D eigenvalue weighted by Gasteiger charge is 2.26.